The summed E-state index contributed by atoms with van der Waals surface area (Å²) in [5.74, 6) is -1.87. The first-order valence-corrected chi connectivity index (χ1v) is 6.96. The maximum Gasteiger partial charge on any atom is 0.416 e. The number of nitrogens with zero attached hydrogens (tertiary/aromatic N) is 2. The fraction of sp³-hybridized carbons (Fsp3) is 0.0625. The molecule has 0 aliphatic carbocycles. The highest BCUT2D eigenvalue weighted by molar-refractivity contribution is 6.05. The lowest BCUT2D eigenvalue weighted by Crippen LogP contribution is -2.27. The summed E-state index contributed by atoms with van der Waals surface area (Å²) in [5, 5.41) is 12.0. The van der Waals surface area contributed by atoms with Crippen LogP contribution >= 0.6 is 0 Å². The van der Waals surface area contributed by atoms with Gasteiger partial charge in [0.1, 0.15) is 5.65 Å². The van der Waals surface area contributed by atoms with Crippen LogP contribution in [0, 0.1) is 0 Å². The van der Waals surface area contributed by atoms with Crippen LogP contribution < -0.4 is 10.9 Å². The molecule has 1 amide bonds. The molecule has 0 spiro atoms. The molecule has 2 heterocycles. The van der Waals surface area contributed by atoms with Crippen LogP contribution in [-0.4, -0.2) is 20.4 Å². The maximum absolute atomic E-state index is 12.7. The lowest BCUT2D eigenvalue weighted by molar-refractivity contribution is -0.137. The summed E-state index contributed by atoms with van der Waals surface area (Å²) >= 11 is 0. The third-order valence-electron chi connectivity index (χ3n) is 3.39. The van der Waals surface area contributed by atoms with Crippen molar-refractivity contribution in [1.82, 2.24) is 9.38 Å². The van der Waals surface area contributed by atoms with Crippen molar-refractivity contribution in [2.24, 2.45) is 0 Å². The predicted octanol–water partition coefficient (Wildman–Crippen LogP) is 2.67. The summed E-state index contributed by atoms with van der Waals surface area (Å²) in [6, 6.07) is 8.49. The summed E-state index contributed by atoms with van der Waals surface area (Å²) in [5.41, 5.74) is -2.51. The molecule has 0 bridgehead atoms. The van der Waals surface area contributed by atoms with Gasteiger partial charge in [-0.3, -0.25) is 14.0 Å². The fourth-order valence-electron chi connectivity index (χ4n) is 2.24. The highest BCUT2D eigenvalue weighted by Crippen LogP contribution is 2.30. The van der Waals surface area contributed by atoms with Crippen molar-refractivity contribution in [3.8, 4) is 5.88 Å². The van der Waals surface area contributed by atoms with Gasteiger partial charge in [-0.05, 0) is 30.3 Å². The van der Waals surface area contributed by atoms with E-state index in [1.165, 1.54) is 24.4 Å². The van der Waals surface area contributed by atoms with Gasteiger partial charge in [0.25, 0.3) is 11.5 Å². The van der Waals surface area contributed by atoms with Crippen molar-refractivity contribution >= 4 is 17.2 Å². The Hall–Kier alpha value is -3.36. The molecule has 0 radical (unpaired) electrons. The van der Waals surface area contributed by atoms with E-state index in [-0.39, 0.29) is 11.3 Å². The molecule has 0 saturated carbocycles. The van der Waals surface area contributed by atoms with Crippen molar-refractivity contribution < 1.29 is 23.1 Å². The average molecular weight is 349 g/mol. The van der Waals surface area contributed by atoms with Crippen molar-refractivity contribution in [3.63, 3.8) is 0 Å². The second-order valence-electron chi connectivity index (χ2n) is 5.08. The van der Waals surface area contributed by atoms with E-state index in [0.717, 1.165) is 22.6 Å². The third-order valence-corrected chi connectivity index (χ3v) is 3.39. The highest BCUT2D eigenvalue weighted by atomic mass is 19.4. The van der Waals surface area contributed by atoms with Gasteiger partial charge in [-0.25, -0.2) is 0 Å². The Kier molecular flexibility index (Phi) is 3.91. The van der Waals surface area contributed by atoms with E-state index in [1.807, 2.05) is 0 Å². The second kappa shape index (κ2) is 5.93. The zero-order chi connectivity index (χ0) is 18.2. The molecule has 6 nitrogen and oxygen atoms in total. The minimum atomic E-state index is -4.58. The van der Waals surface area contributed by atoms with Crippen molar-refractivity contribution in [2.45, 2.75) is 6.18 Å². The van der Waals surface area contributed by atoms with Gasteiger partial charge in [0.05, 0.1) is 5.56 Å². The molecule has 25 heavy (non-hydrogen) atoms. The van der Waals surface area contributed by atoms with Crippen molar-refractivity contribution in [3.05, 3.63) is 70.1 Å². The smallest absolute Gasteiger partial charge is 0.416 e. The van der Waals surface area contributed by atoms with Crippen molar-refractivity contribution in [2.75, 3.05) is 5.32 Å². The zero-order valence-corrected chi connectivity index (χ0v) is 12.4. The Morgan fingerprint density at radius 3 is 2.64 bits per heavy atom. The number of benzene rings is 1. The Balaban J connectivity index is 2.00. The van der Waals surface area contributed by atoms with Crippen LogP contribution in [0.1, 0.15) is 15.9 Å². The molecule has 2 aromatic heterocycles. The largest absolute Gasteiger partial charge is 0.493 e. The second-order valence-corrected chi connectivity index (χ2v) is 5.08. The van der Waals surface area contributed by atoms with E-state index >= 15 is 0 Å². The molecule has 0 atom stereocenters. The number of fused-ring (bicyclic) bond motifs is 1. The van der Waals surface area contributed by atoms with Crippen LogP contribution in [0.2, 0.25) is 0 Å². The average Bonchev–Trinajstić information content (AvgIpc) is 2.54. The van der Waals surface area contributed by atoms with Gasteiger partial charge in [-0.15, -0.1) is 0 Å². The van der Waals surface area contributed by atoms with Crippen LogP contribution in [0.4, 0.5) is 18.9 Å². The normalized spacial score (nSPS) is 11.5. The zero-order valence-electron chi connectivity index (χ0n) is 12.4. The molecule has 3 aromatic rings. The topological polar surface area (TPSA) is 83.7 Å². The lowest BCUT2D eigenvalue weighted by atomic mass is 10.2. The summed E-state index contributed by atoms with van der Waals surface area (Å²) in [7, 11) is 0. The summed E-state index contributed by atoms with van der Waals surface area (Å²) in [4.78, 5) is 28.3. The molecule has 1 aromatic carbocycles. The predicted molar refractivity (Wildman–Crippen MR) is 82.5 cm³/mol. The van der Waals surface area contributed by atoms with E-state index in [9.17, 15) is 27.9 Å². The van der Waals surface area contributed by atoms with E-state index < -0.39 is 34.6 Å². The maximum atomic E-state index is 12.7. The lowest BCUT2D eigenvalue weighted by Gasteiger charge is -2.10. The molecule has 0 aliphatic heterocycles. The Labute approximate surface area is 138 Å². The number of halogens is 3. The number of rotatable bonds is 2. The number of amides is 1. The van der Waals surface area contributed by atoms with Crippen LogP contribution in [0.3, 0.4) is 0 Å². The van der Waals surface area contributed by atoms with E-state index in [2.05, 4.69) is 10.3 Å². The summed E-state index contributed by atoms with van der Waals surface area (Å²) < 4.78 is 39.2. The molecular formula is C16H10F3N3O3. The minimum absolute atomic E-state index is 0.126. The molecule has 3 rings (SSSR count). The number of carbonyl (C=O) groups is 1. The summed E-state index contributed by atoms with van der Waals surface area (Å²) in [6.45, 7) is 0. The van der Waals surface area contributed by atoms with Gasteiger partial charge >= 0.3 is 6.18 Å². The van der Waals surface area contributed by atoms with Gasteiger partial charge in [-0.2, -0.15) is 18.2 Å². The molecule has 9 heteroatoms. The Morgan fingerprint density at radius 2 is 1.92 bits per heavy atom. The standard InChI is InChI=1S/C16H10F3N3O3/c17-16(18,19)9-4-3-5-10(8-9)20-13(23)12-14(24)21-11-6-1-2-7-22(11)15(12)25/h1-8,24H,(H,20,23). The van der Waals surface area contributed by atoms with E-state index in [0.29, 0.717) is 0 Å². The number of nitrogens with one attached hydrogen (secondary N) is 1. The van der Waals surface area contributed by atoms with E-state index in [1.54, 1.807) is 6.07 Å². The number of alkyl halides is 3. The molecule has 0 saturated heterocycles. The SMILES string of the molecule is O=C(Nc1cccc(C(F)(F)F)c1)c1c(O)nc2ccccn2c1=O. The number of carbonyl (C=O) groups excluding carboxylic acids is 1. The fourth-order valence-corrected chi connectivity index (χ4v) is 2.24. The number of anilines is 1. The molecular weight excluding hydrogens is 339 g/mol. The van der Waals surface area contributed by atoms with Crippen molar-refractivity contribution in [1.29, 1.82) is 0 Å². The minimum Gasteiger partial charge on any atom is -0.493 e. The van der Waals surface area contributed by atoms with Gasteiger partial charge in [0.15, 0.2) is 5.56 Å². The molecule has 0 aliphatic rings. The summed E-state index contributed by atoms with van der Waals surface area (Å²) in [6.07, 6.45) is -3.22. The van der Waals surface area contributed by atoms with Gasteiger partial charge in [-0.1, -0.05) is 12.1 Å². The van der Waals surface area contributed by atoms with Crippen LogP contribution in [0.5, 0.6) is 5.88 Å². The Bertz CT molecular complexity index is 1030. The van der Waals surface area contributed by atoms with Crippen LogP contribution in [0.15, 0.2) is 53.5 Å². The van der Waals surface area contributed by atoms with Gasteiger partial charge < -0.3 is 10.4 Å². The van der Waals surface area contributed by atoms with Crippen LogP contribution in [0.25, 0.3) is 5.65 Å². The van der Waals surface area contributed by atoms with Crippen LogP contribution in [-0.2, 0) is 6.18 Å². The molecule has 2 N–H and O–H groups in total. The molecule has 0 unspecified atom stereocenters. The third kappa shape index (κ3) is 3.16. The number of hydrogen-bond donors (Lipinski definition) is 2. The highest BCUT2D eigenvalue weighted by Gasteiger charge is 2.30. The Morgan fingerprint density at radius 1 is 1.16 bits per heavy atom. The quantitative estimate of drug-likeness (QED) is 0.745. The monoisotopic (exact) mass is 349 g/mol. The first-order chi connectivity index (χ1) is 11.8. The number of hydrogen-bond acceptors (Lipinski definition) is 4. The molecule has 0 fully saturated rings. The van der Waals surface area contributed by atoms with Gasteiger partial charge in [0, 0.05) is 11.9 Å². The van der Waals surface area contributed by atoms with Gasteiger partial charge in [0.2, 0.25) is 5.88 Å². The molecule has 128 valence electrons. The number of aromatic hydroxyl groups is 1. The first kappa shape index (κ1) is 16.5. The van der Waals surface area contributed by atoms with E-state index in [4.69, 9.17) is 0 Å². The first-order valence-electron chi connectivity index (χ1n) is 6.96. The number of aromatic nitrogens is 2. The number of pyridine rings is 1.